The molecule has 24 heavy (non-hydrogen) atoms. The minimum atomic E-state index is -0.0137. The molecule has 0 radical (unpaired) electrons. The fourth-order valence-corrected chi connectivity index (χ4v) is 3.72. The fourth-order valence-electron chi connectivity index (χ4n) is 3.10. The Morgan fingerprint density at radius 2 is 2.38 bits per heavy atom. The van der Waals surface area contributed by atoms with E-state index in [9.17, 15) is 9.90 Å². The Kier molecular flexibility index (Phi) is 5.60. The van der Waals surface area contributed by atoms with E-state index in [0.29, 0.717) is 12.5 Å². The van der Waals surface area contributed by atoms with Crippen LogP contribution < -0.4 is 5.32 Å². The maximum Gasteiger partial charge on any atom is 0.238 e. The van der Waals surface area contributed by atoms with E-state index < -0.39 is 0 Å². The van der Waals surface area contributed by atoms with Gasteiger partial charge in [0, 0.05) is 29.8 Å². The molecule has 128 valence electrons. The van der Waals surface area contributed by atoms with Crippen molar-refractivity contribution in [3.8, 4) is 11.3 Å². The number of nitrogens with zero attached hydrogens (tertiary/aromatic N) is 2. The monoisotopic (exact) mass is 345 g/mol. The lowest BCUT2D eigenvalue weighted by Gasteiger charge is -2.31. The summed E-state index contributed by atoms with van der Waals surface area (Å²) in [7, 11) is 0. The highest BCUT2D eigenvalue weighted by molar-refractivity contribution is 7.09. The largest absolute Gasteiger partial charge is 0.396 e. The van der Waals surface area contributed by atoms with Crippen LogP contribution in [0.15, 0.2) is 29.6 Å². The first-order chi connectivity index (χ1) is 11.6. The summed E-state index contributed by atoms with van der Waals surface area (Å²) in [6, 6.07) is 7.79. The van der Waals surface area contributed by atoms with Crippen LogP contribution in [-0.4, -0.2) is 47.1 Å². The third kappa shape index (κ3) is 4.41. The summed E-state index contributed by atoms with van der Waals surface area (Å²) in [5.41, 5.74) is 2.74. The van der Waals surface area contributed by atoms with Gasteiger partial charge in [0.15, 0.2) is 0 Å². The number of hydrogen-bond acceptors (Lipinski definition) is 5. The van der Waals surface area contributed by atoms with Crippen LogP contribution in [0.1, 0.15) is 17.8 Å². The van der Waals surface area contributed by atoms with Crippen LogP contribution in [0.3, 0.4) is 0 Å². The molecule has 1 atom stereocenters. The van der Waals surface area contributed by atoms with Gasteiger partial charge in [0.05, 0.1) is 17.2 Å². The van der Waals surface area contributed by atoms with Gasteiger partial charge in [-0.2, -0.15) is 0 Å². The summed E-state index contributed by atoms with van der Waals surface area (Å²) in [5, 5.41) is 15.3. The summed E-state index contributed by atoms with van der Waals surface area (Å²) in [6.07, 6.45) is 2.08. The van der Waals surface area contributed by atoms with E-state index in [0.717, 1.165) is 47.9 Å². The summed E-state index contributed by atoms with van der Waals surface area (Å²) in [6.45, 7) is 4.27. The SMILES string of the molecule is Cc1nc(-c2cccc(NC(=O)CN3CCCC(CO)C3)c2)cs1. The smallest absolute Gasteiger partial charge is 0.238 e. The van der Waals surface area contributed by atoms with Gasteiger partial charge in [-0.3, -0.25) is 9.69 Å². The Labute approximate surface area is 146 Å². The second-order valence-corrected chi connectivity index (χ2v) is 7.37. The highest BCUT2D eigenvalue weighted by atomic mass is 32.1. The number of anilines is 1. The quantitative estimate of drug-likeness (QED) is 0.874. The van der Waals surface area contributed by atoms with Crippen LogP contribution in [0.4, 0.5) is 5.69 Å². The van der Waals surface area contributed by atoms with Crippen LogP contribution in [-0.2, 0) is 4.79 Å². The van der Waals surface area contributed by atoms with Gasteiger partial charge in [-0.15, -0.1) is 11.3 Å². The summed E-state index contributed by atoms with van der Waals surface area (Å²) in [5.74, 6) is 0.281. The maximum absolute atomic E-state index is 12.3. The number of aliphatic hydroxyl groups is 1. The van der Waals surface area contributed by atoms with Gasteiger partial charge < -0.3 is 10.4 Å². The van der Waals surface area contributed by atoms with Crippen LogP contribution in [0.5, 0.6) is 0 Å². The fraction of sp³-hybridized carbons (Fsp3) is 0.444. The number of piperidine rings is 1. The van der Waals surface area contributed by atoms with Crippen molar-refractivity contribution in [1.29, 1.82) is 0 Å². The van der Waals surface area contributed by atoms with Gasteiger partial charge >= 0.3 is 0 Å². The predicted molar refractivity (Wildman–Crippen MR) is 97.2 cm³/mol. The number of hydrogen-bond donors (Lipinski definition) is 2. The zero-order valence-electron chi connectivity index (χ0n) is 13.9. The highest BCUT2D eigenvalue weighted by Gasteiger charge is 2.21. The van der Waals surface area contributed by atoms with Crippen molar-refractivity contribution >= 4 is 22.9 Å². The normalized spacial score (nSPS) is 18.5. The lowest BCUT2D eigenvalue weighted by molar-refractivity contribution is -0.117. The summed E-state index contributed by atoms with van der Waals surface area (Å²) in [4.78, 5) is 18.9. The number of aryl methyl sites for hydroxylation is 1. The van der Waals surface area contributed by atoms with Crippen LogP contribution in [0, 0.1) is 12.8 Å². The summed E-state index contributed by atoms with van der Waals surface area (Å²) >= 11 is 1.62. The number of carbonyl (C=O) groups is 1. The molecule has 0 aliphatic carbocycles. The molecule has 1 aliphatic rings. The number of likely N-dealkylation sites (tertiary alicyclic amines) is 1. The zero-order valence-corrected chi connectivity index (χ0v) is 14.7. The third-order valence-electron chi connectivity index (χ3n) is 4.29. The molecular weight excluding hydrogens is 322 g/mol. The number of aliphatic hydroxyl groups excluding tert-OH is 1. The molecule has 1 aliphatic heterocycles. The Hall–Kier alpha value is -1.76. The average molecular weight is 345 g/mol. The number of nitrogens with one attached hydrogen (secondary N) is 1. The van der Waals surface area contributed by atoms with Crippen molar-refractivity contribution in [1.82, 2.24) is 9.88 Å². The number of rotatable bonds is 5. The van der Waals surface area contributed by atoms with Crippen molar-refractivity contribution < 1.29 is 9.90 Å². The first-order valence-electron chi connectivity index (χ1n) is 8.29. The van der Waals surface area contributed by atoms with E-state index in [4.69, 9.17) is 0 Å². The number of benzene rings is 1. The van der Waals surface area contributed by atoms with Crippen LogP contribution >= 0.6 is 11.3 Å². The molecule has 0 saturated carbocycles. The Balaban J connectivity index is 1.60. The van der Waals surface area contributed by atoms with Gasteiger partial charge in [-0.25, -0.2) is 4.98 Å². The molecule has 1 unspecified atom stereocenters. The molecule has 2 aromatic rings. The van der Waals surface area contributed by atoms with E-state index in [1.807, 2.05) is 36.6 Å². The third-order valence-corrected chi connectivity index (χ3v) is 5.06. The lowest BCUT2D eigenvalue weighted by Crippen LogP contribution is -2.41. The van der Waals surface area contributed by atoms with Crippen LogP contribution in [0.2, 0.25) is 0 Å². The zero-order chi connectivity index (χ0) is 16.9. The molecule has 2 heterocycles. The first-order valence-corrected chi connectivity index (χ1v) is 9.17. The molecular formula is C18H23N3O2S. The number of amides is 1. The lowest BCUT2D eigenvalue weighted by atomic mass is 9.99. The second kappa shape index (κ2) is 7.88. The number of thiazole rings is 1. The minimum absolute atomic E-state index is 0.0137. The van der Waals surface area contributed by atoms with E-state index >= 15 is 0 Å². The van der Waals surface area contributed by atoms with E-state index in [2.05, 4.69) is 15.2 Å². The molecule has 1 amide bonds. The van der Waals surface area contributed by atoms with E-state index in [-0.39, 0.29) is 12.5 Å². The molecule has 0 bridgehead atoms. The number of carbonyl (C=O) groups excluding carboxylic acids is 1. The Morgan fingerprint density at radius 1 is 1.50 bits per heavy atom. The van der Waals surface area contributed by atoms with Crippen molar-refractivity contribution in [3.63, 3.8) is 0 Å². The summed E-state index contributed by atoms with van der Waals surface area (Å²) < 4.78 is 0. The highest BCUT2D eigenvalue weighted by Crippen LogP contribution is 2.24. The molecule has 6 heteroatoms. The number of aromatic nitrogens is 1. The molecule has 1 aromatic heterocycles. The Bertz CT molecular complexity index is 701. The van der Waals surface area contributed by atoms with Crippen molar-refractivity contribution in [2.75, 3.05) is 31.6 Å². The van der Waals surface area contributed by atoms with Gasteiger partial charge in [0.2, 0.25) is 5.91 Å². The van der Waals surface area contributed by atoms with Gasteiger partial charge in [0.25, 0.3) is 0 Å². The van der Waals surface area contributed by atoms with Crippen molar-refractivity contribution in [2.45, 2.75) is 19.8 Å². The molecule has 1 fully saturated rings. The van der Waals surface area contributed by atoms with Crippen molar-refractivity contribution in [3.05, 3.63) is 34.7 Å². The van der Waals surface area contributed by atoms with E-state index in [1.165, 1.54) is 0 Å². The minimum Gasteiger partial charge on any atom is -0.396 e. The average Bonchev–Trinajstić information content (AvgIpc) is 3.02. The molecule has 2 N–H and O–H groups in total. The Morgan fingerprint density at radius 3 is 3.12 bits per heavy atom. The van der Waals surface area contributed by atoms with E-state index in [1.54, 1.807) is 11.3 Å². The predicted octanol–water partition coefficient (Wildman–Crippen LogP) is 2.76. The van der Waals surface area contributed by atoms with Crippen molar-refractivity contribution in [2.24, 2.45) is 5.92 Å². The topological polar surface area (TPSA) is 65.5 Å². The van der Waals surface area contributed by atoms with Gasteiger partial charge in [0.1, 0.15) is 0 Å². The second-order valence-electron chi connectivity index (χ2n) is 6.31. The van der Waals surface area contributed by atoms with Gasteiger partial charge in [-0.05, 0) is 44.4 Å². The molecule has 3 rings (SSSR count). The standard InChI is InChI=1S/C18H23N3O2S/c1-13-19-17(12-24-13)15-5-2-6-16(8-15)20-18(23)10-21-7-3-4-14(9-21)11-22/h2,5-6,8,12,14,22H,3-4,7,9-11H2,1H3,(H,20,23). The molecule has 0 spiro atoms. The first kappa shape index (κ1) is 17.1. The maximum atomic E-state index is 12.3. The molecule has 5 nitrogen and oxygen atoms in total. The molecule has 1 aromatic carbocycles. The van der Waals surface area contributed by atoms with Crippen LogP contribution in [0.25, 0.3) is 11.3 Å². The van der Waals surface area contributed by atoms with Gasteiger partial charge in [-0.1, -0.05) is 12.1 Å². The molecule has 1 saturated heterocycles.